The Morgan fingerprint density at radius 1 is 1.30 bits per heavy atom. The van der Waals surface area contributed by atoms with Crippen LogP contribution in [0.2, 0.25) is 0 Å². The highest BCUT2D eigenvalue weighted by Gasteiger charge is 2.26. The Bertz CT molecular complexity index is 515. The van der Waals surface area contributed by atoms with Crippen LogP contribution in [0, 0.1) is 5.92 Å². The minimum atomic E-state index is -0.963. The minimum absolute atomic E-state index is 0.0272. The van der Waals surface area contributed by atoms with Gasteiger partial charge in [0.2, 0.25) is 5.91 Å². The molecule has 1 aliphatic carbocycles. The Balaban J connectivity index is 1.94. The molecule has 20 heavy (non-hydrogen) atoms. The maximum absolute atomic E-state index is 11.9. The normalized spacial score (nSPS) is 16.6. The summed E-state index contributed by atoms with van der Waals surface area (Å²) in [6, 6.07) is 7.49. The Hall–Kier alpha value is -2.10. The second-order valence-electron chi connectivity index (χ2n) is 5.20. The van der Waals surface area contributed by atoms with E-state index >= 15 is 0 Å². The summed E-state index contributed by atoms with van der Waals surface area (Å²) in [6.07, 6.45) is 5.80. The van der Waals surface area contributed by atoms with Crippen LogP contribution in [-0.2, 0) is 9.59 Å². The molecule has 2 N–H and O–H groups in total. The van der Waals surface area contributed by atoms with Crippen molar-refractivity contribution in [3.63, 3.8) is 0 Å². The molecule has 106 valence electrons. The maximum atomic E-state index is 11.9. The van der Waals surface area contributed by atoms with Gasteiger partial charge in [-0.05, 0) is 37.0 Å². The molecule has 0 saturated heterocycles. The second-order valence-corrected chi connectivity index (χ2v) is 5.20. The SMILES string of the molecule is CC(NC(=O)C1CCC1)c1ccc(C=CC(=O)O)cc1. The van der Waals surface area contributed by atoms with Gasteiger partial charge in [0.25, 0.3) is 0 Å². The number of amides is 1. The van der Waals surface area contributed by atoms with Crippen molar-refractivity contribution in [1.29, 1.82) is 0 Å². The van der Waals surface area contributed by atoms with Gasteiger partial charge in [0, 0.05) is 12.0 Å². The number of hydrogen-bond acceptors (Lipinski definition) is 2. The van der Waals surface area contributed by atoms with Crippen molar-refractivity contribution in [2.75, 3.05) is 0 Å². The molecule has 0 spiro atoms. The van der Waals surface area contributed by atoms with Crippen LogP contribution in [0.5, 0.6) is 0 Å². The average molecular weight is 273 g/mol. The molecular weight excluding hydrogens is 254 g/mol. The predicted octanol–water partition coefficient (Wildman–Crippen LogP) is 2.76. The van der Waals surface area contributed by atoms with Gasteiger partial charge in [0.1, 0.15) is 0 Å². The van der Waals surface area contributed by atoms with Gasteiger partial charge in [-0.25, -0.2) is 4.79 Å². The largest absolute Gasteiger partial charge is 0.478 e. The topological polar surface area (TPSA) is 66.4 Å². The van der Waals surface area contributed by atoms with Crippen LogP contribution in [0.4, 0.5) is 0 Å². The molecule has 1 aromatic carbocycles. The zero-order valence-electron chi connectivity index (χ0n) is 11.5. The molecule has 1 aromatic rings. The zero-order chi connectivity index (χ0) is 14.5. The zero-order valence-corrected chi connectivity index (χ0v) is 11.5. The monoisotopic (exact) mass is 273 g/mol. The lowest BCUT2D eigenvalue weighted by atomic mass is 9.84. The number of carbonyl (C=O) groups is 2. The summed E-state index contributed by atoms with van der Waals surface area (Å²) in [4.78, 5) is 22.3. The first-order chi connectivity index (χ1) is 9.56. The van der Waals surface area contributed by atoms with E-state index in [9.17, 15) is 9.59 Å². The fourth-order valence-electron chi connectivity index (χ4n) is 2.15. The predicted molar refractivity (Wildman–Crippen MR) is 77.0 cm³/mol. The summed E-state index contributed by atoms with van der Waals surface area (Å²) < 4.78 is 0. The molecule has 0 radical (unpaired) electrons. The van der Waals surface area contributed by atoms with Crippen molar-refractivity contribution in [1.82, 2.24) is 5.32 Å². The van der Waals surface area contributed by atoms with Crippen LogP contribution in [0.25, 0.3) is 6.08 Å². The first-order valence-corrected chi connectivity index (χ1v) is 6.87. The summed E-state index contributed by atoms with van der Waals surface area (Å²) >= 11 is 0. The second kappa shape index (κ2) is 6.37. The van der Waals surface area contributed by atoms with Crippen LogP contribution in [0.3, 0.4) is 0 Å². The number of benzene rings is 1. The summed E-state index contributed by atoms with van der Waals surface area (Å²) in [5, 5.41) is 11.6. The van der Waals surface area contributed by atoms with E-state index in [0.29, 0.717) is 0 Å². The van der Waals surface area contributed by atoms with Crippen LogP contribution >= 0.6 is 0 Å². The van der Waals surface area contributed by atoms with E-state index in [1.165, 1.54) is 0 Å². The molecule has 0 heterocycles. The highest BCUT2D eigenvalue weighted by atomic mass is 16.4. The molecule has 1 aliphatic rings. The van der Waals surface area contributed by atoms with Gasteiger partial charge in [-0.15, -0.1) is 0 Å². The third-order valence-corrected chi connectivity index (χ3v) is 3.69. The summed E-state index contributed by atoms with van der Waals surface area (Å²) in [6.45, 7) is 1.96. The van der Waals surface area contributed by atoms with Crippen molar-refractivity contribution >= 4 is 18.0 Å². The first kappa shape index (κ1) is 14.3. The van der Waals surface area contributed by atoms with Gasteiger partial charge < -0.3 is 10.4 Å². The van der Waals surface area contributed by atoms with Crippen molar-refractivity contribution in [2.24, 2.45) is 5.92 Å². The average Bonchev–Trinajstić information content (AvgIpc) is 2.34. The minimum Gasteiger partial charge on any atom is -0.478 e. The number of nitrogens with one attached hydrogen (secondary N) is 1. The Labute approximate surface area is 118 Å². The summed E-state index contributed by atoms with van der Waals surface area (Å²) in [5.74, 6) is -0.635. The van der Waals surface area contributed by atoms with E-state index in [1.54, 1.807) is 6.08 Å². The van der Waals surface area contributed by atoms with Crippen molar-refractivity contribution in [3.8, 4) is 0 Å². The molecule has 1 fully saturated rings. The fourth-order valence-corrected chi connectivity index (χ4v) is 2.15. The van der Waals surface area contributed by atoms with Gasteiger partial charge in [0.05, 0.1) is 6.04 Å². The molecule has 0 bridgehead atoms. The third-order valence-electron chi connectivity index (χ3n) is 3.69. The maximum Gasteiger partial charge on any atom is 0.328 e. The van der Waals surface area contributed by atoms with Gasteiger partial charge in [-0.1, -0.05) is 30.7 Å². The number of aliphatic carboxylic acids is 1. The highest BCUT2D eigenvalue weighted by molar-refractivity contribution is 5.85. The molecule has 0 aromatic heterocycles. The van der Waals surface area contributed by atoms with Crippen LogP contribution in [-0.4, -0.2) is 17.0 Å². The van der Waals surface area contributed by atoms with Gasteiger partial charge in [-0.2, -0.15) is 0 Å². The number of rotatable bonds is 5. The van der Waals surface area contributed by atoms with Crippen LogP contribution in [0.15, 0.2) is 30.3 Å². The van der Waals surface area contributed by atoms with Gasteiger partial charge in [-0.3, -0.25) is 4.79 Å². The van der Waals surface area contributed by atoms with Crippen molar-refractivity contribution in [2.45, 2.75) is 32.2 Å². The molecule has 0 aliphatic heterocycles. The van der Waals surface area contributed by atoms with E-state index < -0.39 is 5.97 Å². The Morgan fingerprint density at radius 2 is 1.95 bits per heavy atom. The van der Waals surface area contributed by atoms with E-state index in [1.807, 2.05) is 31.2 Å². The molecule has 4 heteroatoms. The number of carboxylic acids is 1. The van der Waals surface area contributed by atoms with Gasteiger partial charge in [0.15, 0.2) is 0 Å². The smallest absolute Gasteiger partial charge is 0.328 e. The quantitative estimate of drug-likeness (QED) is 0.811. The molecular formula is C16H19NO3. The number of hydrogen-bond donors (Lipinski definition) is 2. The molecule has 4 nitrogen and oxygen atoms in total. The Kier molecular flexibility index (Phi) is 4.56. The standard InChI is InChI=1S/C16H19NO3/c1-11(17-16(20)14-3-2-4-14)13-8-5-12(6-9-13)7-10-15(18)19/h5-11,14H,2-4H2,1H3,(H,17,20)(H,18,19). The molecule has 1 saturated carbocycles. The van der Waals surface area contributed by atoms with Crippen LogP contribution in [0.1, 0.15) is 43.4 Å². The number of carbonyl (C=O) groups excluding carboxylic acids is 1. The van der Waals surface area contributed by atoms with E-state index in [4.69, 9.17) is 5.11 Å². The molecule has 1 atom stereocenters. The lowest BCUT2D eigenvalue weighted by Crippen LogP contribution is -2.35. The number of carboxylic acid groups (broad SMARTS) is 1. The van der Waals surface area contributed by atoms with Crippen molar-refractivity contribution in [3.05, 3.63) is 41.5 Å². The lowest BCUT2D eigenvalue weighted by Gasteiger charge is -2.26. The van der Waals surface area contributed by atoms with Gasteiger partial charge >= 0.3 is 5.97 Å². The van der Waals surface area contributed by atoms with Crippen LogP contribution < -0.4 is 5.32 Å². The first-order valence-electron chi connectivity index (χ1n) is 6.87. The van der Waals surface area contributed by atoms with E-state index in [-0.39, 0.29) is 17.9 Å². The van der Waals surface area contributed by atoms with E-state index in [2.05, 4.69) is 5.32 Å². The third kappa shape index (κ3) is 3.70. The summed E-state index contributed by atoms with van der Waals surface area (Å²) in [5.41, 5.74) is 1.85. The van der Waals surface area contributed by atoms with Crippen molar-refractivity contribution < 1.29 is 14.7 Å². The highest BCUT2D eigenvalue weighted by Crippen LogP contribution is 2.27. The Morgan fingerprint density at radius 3 is 2.45 bits per heavy atom. The van der Waals surface area contributed by atoms with E-state index in [0.717, 1.165) is 36.5 Å². The molecule has 2 rings (SSSR count). The lowest BCUT2D eigenvalue weighted by molar-refractivity contribution is -0.131. The summed E-state index contributed by atoms with van der Waals surface area (Å²) in [7, 11) is 0. The molecule has 1 unspecified atom stereocenters. The molecule has 1 amide bonds. The fraction of sp³-hybridized carbons (Fsp3) is 0.375.